The van der Waals surface area contributed by atoms with E-state index in [9.17, 15) is 4.39 Å². The van der Waals surface area contributed by atoms with E-state index in [0.717, 1.165) is 11.1 Å². The van der Waals surface area contributed by atoms with Gasteiger partial charge in [0.15, 0.2) is 0 Å². The van der Waals surface area contributed by atoms with E-state index in [0.29, 0.717) is 21.1 Å². The second-order valence-electron chi connectivity index (χ2n) is 3.84. The molecule has 2 aromatic rings. The smallest absolute Gasteiger partial charge is 0.139 e. The van der Waals surface area contributed by atoms with Gasteiger partial charge in [0.25, 0.3) is 0 Å². The summed E-state index contributed by atoms with van der Waals surface area (Å²) in [5.74, 6) is 0.237. The fourth-order valence-electron chi connectivity index (χ4n) is 1.46. The van der Waals surface area contributed by atoms with Crippen LogP contribution in [-0.4, -0.2) is 9.97 Å². The number of hydrogen-bond donors (Lipinski definition) is 1. The third-order valence-corrected chi connectivity index (χ3v) is 3.53. The molecule has 1 heterocycles. The van der Waals surface area contributed by atoms with E-state index in [1.807, 2.05) is 6.92 Å². The van der Waals surface area contributed by atoms with Gasteiger partial charge in [-0.2, -0.15) is 0 Å². The summed E-state index contributed by atoms with van der Waals surface area (Å²) in [6.45, 7) is 3.68. The van der Waals surface area contributed by atoms with Crippen molar-refractivity contribution in [3.63, 3.8) is 0 Å². The molecule has 6 heteroatoms. The molecule has 0 unspecified atom stereocenters. The monoisotopic (exact) mass is 329 g/mol. The summed E-state index contributed by atoms with van der Waals surface area (Å²) in [4.78, 5) is 7.95. The minimum atomic E-state index is -0.332. The van der Waals surface area contributed by atoms with E-state index < -0.39 is 0 Å². The molecule has 0 saturated heterocycles. The fourth-order valence-corrected chi connectivity index (χ4v) is 2.05. The largest absolute Gasteiger partial charge is 0.340 e. The minimum Gasteiger partial charge on any atom is -0.340 e. The summed E-state index contributed by atoms with van der Waals surface area (Å²) in [5, 5.41) is 3.43. The van der Waals surface area contributed by atoms with Gasteiger partial charge in [0, 0.05) is 11.3 Å². The zero-order valence-corrected chi connectivity index (χ0v) is 12.1. The topological polar surface area (TPSA) is 37.8 Å². The predicted molar refractivity (Wildman–Crippen MR) is 73.9 cm³/mol. The van der Waals surface area contributed by atoms with Crippen molar-refractivity contribution >= 4 is 39.0 Å². The van der Waals surface area contributed by atoms with E-state index in [4.69, 9.17) is 11.6 Å². The molecule has 0 aliphatic heterocycles. The Balaban J connectivity index is 2.40. The highest BCUT2D eigenvalue weighted by Gasteiger charge is 2.09. The molecule has 1 N–H and O–H groups in total. The quantitative estimate of drug-likeness (QED) is 0.830. The van der Waals surface area contributed by atoms with Crippen LogP contribution in [0, 0.1) is 19.7 Å². The van der Waals surface area contributed by atoms with Gasteiger partial charge in [0.1, 0.15) is 23.1 Å². The first kappa shape index (κ1) is 13.2. The maximum Gasteiger partial charge on any atom is 0.139 e. The lowest BCUT2D eigenvalue weighted by atomic mass is 10.2. The molecule has 1 aromatic carbocycles. The number of aryl methyl sites for hydroxylation is 1. The number of benzene rings is 1. The first-order valence-electron chi connectivity index (χ1n) is 5.19. The first-order chi connectivity index (χ1) is 8.49. The van der Waals surface area contributed by atoms with Crippen molar-refractivity contribution in [3.8, 4) is 0 Å². The molecule has 0 radical (unpaired) electrons. The Hall–Kier alpha value is -1.20. The second-order valence-corrected chi connectivity index (χ2v) is 5.06. The van der Waals surface area contributed by atoms with Gasteiger partial charge in [0.2, 0.25) is 0 Å². The van der Waals surface area contributed by atoms with Crippen molar-refractivity contribution in [2.75, 3.05) is 5.32 Å². The third-order valence-electron chi connectivity index (χ3n) is 2.54. The van der Waals surface area contributed by atoms with Crippen molar-refractivity contribution in [2.45, 2.75) is 13.8 Å². The Bertz CT molecular complexity index is 604. The molecular formula is C12H10BrClFN3. The lowest BCUT2D eigenvalue weighted by molar-refractivity contribution is 0.621. The Morgan fingerprint density at radius 3 is 2.72 bits per heavy atom. The fraction of sp³-hybridized carbons (Fsp3) is 0.167. The number of nitrogens with zero attached hydrogens (tertiary/aromatic N) is 2. The van der Waals surface area contributed by atoms with Crippen LogP contribution in [0.2, 0.25) is 5.15 Å². The van der Waals surface area contributed by atoms with Gasteiger partial charge in [-0.25, -0.2) is 14.4 Å². The van der Waals surface area contributed by atoms with Crippen LogP contribution in [0.1, 0.15) is 11.1 Å². The lowest BCUT2D eigenvalue weighted by Gasteiger charge is -2.12. The molecule has 0 aliphatic carbocycles. The molecule has 3 nitrogen and oxygen atoms in total. The highest BCUT2D eigenvalue weighted by molar-refractivity contribution is 9.10. The van der Waals surface area contributed by atoms with Crippen LogP contribution in [0.3, 0.4) is 0 Å². The molecule has 0 fully saturated rings. The van der Waals surface area contributed by atoms with Crippen LogP contribution in [-0.2, 0) is 0 Å². The number of hydrogen-bond acceptors (Lipinski definition) is 3. The minimum absolute atomic E-state index is 0.332. The molecule has 18 heavy (non-hydrogen) atoms. The molecule has 2 rings (SSSR count). The number of nitrogens with one attached hydrogen (secondary N) is 1. The normalized spacial score (nSPS) is 10.5. The first-order valence-corrected chi connectivity index (χ1v) is 6.36. The van der Waals surface area contributed by atoms with Gasteiger partial charge < -0.3 is 5.32 Å². The Labute approximate surface area is 118 Å². The average molecular weight is 331 g/mol. The van der Waals surface area contributed by atoms with Gasteiger partial charge >= 0.3 is 0 Å². The molecule has 0 bridgehead atoms. The molecule has 1 aromatic heterocycles. The van der Waals surface area contributed by atoms with Gasteiger partial charge in [0.05, 0.1) is 4.47 Å². The number of halogens is 3. The number of aromatic nitrogens is 2. The summed E-state index contributed by atoms with van der Waals surface area (Å²) < 4.78 is 13.9. The third kappa shape index (κ3) is 2.62. The van der Waals surface area contributed by atoms with Crippen LogP contribution >= 0.6 is 27.5 Å². The SMILES string of the molecule is Cc1cc(Br)c(F)cc1Nc1ncnc(Cl)c1C. The molecule has 0 amide bonds. The summed E-state index contributed by atoms with van der Waals surface area (Å²) >= 11 is 9.05. The molecular weight excluding hydrogens is 321 g/mol. The van der Waals surface area contributed by atoms with Crippen LogP contribution in [0.15, 0.2) is 22.9 Å². The van der Waals surface area contributed by atoms with E-state index in [1.54, 1.807) is 13.0 Å². The lowest BCUT2D eigenvalue weighted by Crippen LogP contribution is -2.00. The van der Waals surface area contributed by atoms with E-state index in [2.05, 4.69) is 31.2 Å². The van der Waals surface area contributed by atoms with Crippen molar-refractivity contribution < 1.29 is 4.39 Å². The van der Waals surface area contributed by atoms with Crippen LogP contribution in [0.25, 0.3) is 0 Å². The summed E-state index contributed by atoms with van der Waals surface area (Å²) in [7, 11) is 0. The van der Waals surface area contributed by atoms with Gasteiger partial charge in [-0.1, -0.05) is 11.6 Å². The highest BCUT2D eigenvalue weighted by Crippen LogP contribution is 2.28. The predicted octanol–water partition coefficient (Wildman–Crippen LogP) is 4.39. The number of rotatable bonds is 2. The molecule has 0 spiro atoms. The van der Waals surface area contributed by atoms with Gasteiger partial charge in [-0.05, 0) is 47.5 Å². The average Bonchev–Trinajstić information content (AvgIpc) is 2.32. The van der Waals surface area contributed by atoms with E-state index in [1.165, 1.54) is 12.4 Å². The van der Waals surface area contributed by atoms with Crippen molar-refractivity contribution in [1.82, 2.24) is 9.97 Å². The summed E-state index contributed by atoms with van der Waals surface area (Å²) in [6.07, 6.45) is 1.36. The van der Waals surface area contributed by atoms with Gasteiger partial charge in [-0.3, -0.25) is 0 Å². The van der Waals surface area contributed by atoms with Gasteiger partial charge in [-0.15, -0.1) is 0 Å². The summed E-state index contributed by atoms with van der Waals surface area (Å²) in [6, 6.07) is 3.12. The maximum atomic E-state index is 13.5. The molecule has 0 saturated carbocycles. The van der Waals surface area contributed by atoms with Crippen molar-refractivity contribution in [1.29, 1.82) is 0 Å². The van der Waals surface area contributed by atoms with E-state index in [-0.39, 0.29) is 5.82 Å². The van der Waals surface area contributed by atoms with Crippen LogP contribution in [0.4, 0.5) is 15.9 Å². The van der Waals surface area contributed by atoms with Crippen LogP contribution < -0.4 is 5.32 Å². The summed E-state index contributed by atoms with van der Waals surface area (Å²) in [5.41, 5.74) is 2.27. The molecule has 94 valence electrons. The Morgan fingerprint density at radius 2 is 2.00 bits per heavy atom. The standard InChI is InChI=1S/C12H10BrClFN3/c1-6-3-8(13)9(15)4-10(6)18-12-7(2)11(14)16-5-17-12/h3-5H,1-2H3,(H,16,17,18). The number of anilines is 2. The van der Waals surface area contributed by atoms with Crippen molar-refractivity contribution in [3.05, 3.63) is 45.0 Å². The van der Waals surface area contributed by atoms with Crippen molar-refractivity contribution in [2.24, 2.45) is 0 Å². The van der Waals surface area contributed by atoms with E-state index >= 15 is 0 Å². The molecule has 0 atom stereocenters. The Morgan fingerprint density at radius 1 is 1.28 bits per heavy atom. The second kappa shape index (κ2) is 5.20. The Kier molecular flexibility index (Phi) is 3.82. The molecule has 0 aliphatic rings. The zero-order valence-electron chi connectivity index (χ0n) is 9.76. The maximum absolute atomic E-state index is 13.5. The van der Waals surface area contributed by atoms with Crippen LogP contribution in [0.5, 0.6) is 0 Å². The zero-order chi connectivity index (χ0) is 13.3. The highest BCUT2D eigenvalue weighted by atomic mass is 79.9.